The molecule has 9 nitrogen and oxygen atoms in total. The fourth-order valence-electron chi connectivity index (χ4n) is 4.49. The van der Waals surface area contributed by atoms with E-state index in [1.54, 1.807) is 6.92 Å². The minimum absolute atomic E-state index is 0.105. The van der Waals surface area contributed by atoms with E-state index in [0.717, 1.165) is 5.56 Å². The number of nitro benzene ring substituents is 1. The van der Waals surface area contributed by atoms with E-state index in [9.17, 15) is 19.7 Å². The van der Waals surface area contributed by atoms with Crippen LogP contribution in [0.5, 0.6) is 0 Å². The zero-order valence-corrected chi connectivity index (χ0v) is 22.7. The van der Waals surface area contributed by atoms with Gasteiger partial charge in [0.2, 0.25) is 0 Å². The lowest BCUT2D eigenvalue weighted by Crippen LogP contribution is -2.34. The first-order valence-corrected chi connectivity index (χ1v) is 12.7. The molecule has 0 aromatic heterocycles. The minimum atomic E-state index is -1.01. The third-order valence-corrected chi connectivity index (χ3v) is 6.62. The third-order valence-electron chi connectivity index (χ3n) is 6.27. The maximum absolute atomic E-state index is 13.5. The van der Waals surface area contributed by atoms with Gasteiger partial charge in [-0.15, -0.1) is 0 Å². The summed E-state index contributed by atoms with van der Waals surface area (Å²) in [5.74, 6) is -2.31. The van der Waals surface area contributed by atoms with Crippen LogP contribution in [0, 0.1) is 10.1 Å². The number of carbonyl (C=O) groups excluding carboxylic acids is 2. The lowest BCUT2D eigenvalue weighted by Gasteiger charge is -2.32. The van der Waals surface area contributed by atoms with Crippen molar-refractivity contribution in [2.24, 2.45) is 0 Å². The maximum Gasteiger partial charge on any atom is 0.336 e. The molecule has 0 saturated heterocycles. The largest absolute Gasteiger partial charge is 0.466 e. The lowest BCUT2D eigenvalue weighted by molar-refractivity contribution is -0.384. The fraction of sp³-hybridized carbons (Fsp3) is 0.357. The molecule has 0 fully saturated rings. The van der Waals surface area contributed by atoms with Gasteiger partial charge in [-0.25, -0.2) is 9.59 Å². The Kier molecular flexibility index (Phi) is 10.0. The molecule has 2 aromatic rings. The molecule has 0 spiro atoms. The summed E-state index contributed by atoms with van der Waals surface area (Å²) in [4.78, 5) is 39.5. The second kappa shape index (κ2) is 13.2. The van der Waals surface area contributed by atoms with Gasteiger partial charge in [-0.2, -0.15) is 0 Å². The minimum Gasteiger partial charge on any atom is -0.466 e. The smallest absolute Gasteiger partial charge is 0.336 e. The average molecular weight is 542 g/mol. The molecular weight excluding hydrogens is 510 g/mol. The summed E-state index contributed by atoms with van der Waals surface area (Å²) in [6.07, 6.45) is 1.20. The van der Waals surface area contributed by atoms with Crippen LogP contribution in [0.1, 0.15) is 43.7 Å². The molecule has 1 aliphatic heterocycles. The third kappa shape index (κ3) is 6.79. The zero-order chi connectivity index (χ0) is 27.8. The van der Waals surface area contributed by atoms with Crippen LogP contribution in [0.2, 0.25) is 5.02 Å². The first-order valence-electron chi connectivity index (χ1n) is 12.3. The monoisotopic (exact) mass is 541 g/mol. The van der Waals surface area contributed by atoms with Gasteiger partial charge in [0.05, 0.1) is 29.1 Å². The maximum atomic E-state index is 13.5. The highest BCUT2D eigenvalue weighted by Crippen LogP contribution is 2.43. The van der Waals surface area contributed by atoms with Crippen LogP contribution in [0.4, 0.5) is 5.69 Å². The number of dihydropyridines is 1. The van der Waals surface area contributed by atoms with Crippen LogP contribution in [-0.2, 0) is 25.6 Å². The van der Waals surface area contributed by atoms with Crippen molar-refractivity contribution in [1.82, 2.24) is 10.2 Å². The highest BCUT2D eigenvalue weighted by Gasteiger charge is 2.40. The van der Waals surface area contributed by atoms with Crippen molar-refractivity contribution in [2.45, 2.75) is 39.2 Å². The second-order valence-corrected chi connectivity index (χ2v) is 9.46. The van der Waals surface area contributed by atoms with Gasteiger partial charge in [-0.05, 0) is 37.6 Å². The van der Waals surface area contributed by atoms with Crippen LogP contribution in [0.25, 0.3) is 0 Å². The van der Waals surface area contributed by atoms with E-state index in [0.29, 0.717) is 37.3 Å². The molecule has 3 rings (SSSR count). The molecule has 10 heteroatoms. The number of halogens is 1. The average Bonchev–Trinajstić information content (AvgIpc) is 2.88. The number of nitro groups is 1. The van der Waals surface area contributed by atoms with Gasteiger partial charge in [-0.1, -0.05) is 55.3 Å². The first-order chi connectivity index (χ1) is 18.2. The second-order valence-electron chi connectivity index (χ2n) is 9.05. The molecule has 0 bridgehead atoms. The molecule has 1 aliphatic rings. The summed E-state index contributed by atoms with van der Waals surface area (Å²) in [5.41, 5.74) is 2.56. The number of rotatable bonds is 11. The van der Waals surface area contributed by atoms with Crippen molar-refractivity contribution in [2.75, 3.05) is 27.3 Å². The number of methoxy groups -OCH3 is 1. The first kappa shape index (κ1) is 28.9. The van der Waals surface area contributed by atoms with Gasteiger partial charge in [0.25, 0.3) is 5.69 Å². The number of hydrogen-bond donors (Lipinski definition) is 1. The van der Waals surface area contributed by atoms with Crippen LogP contribution in [-0.4, -0.2) is 49.1 Å². The Bertz CT molecular complexity index is 1260. The predicted octanol–water partition coefficient (Wildman–Crippen LogP) is 5.11. The van der Waals surface area contributed by atoms with Crippen LogP contribution in [0.3, 0.4) is 0 Å². The molecular formula is C28H32ClN3O6. The number of non-ortho nitro benzene ring substituents is 1. The van der Waals surface area contributed by atoms with E-state index in [1.165, 1.54) is 25.3 Å². The predicted molar refractivity (Wildman–Crippen MR) is 144 cm³/mol. The van der Waals surface area contributed by atoms with Crippen molar-refractivity contribution in [3.8, 4) is 0 Å². The van der Waals surface area contributed by atoms with E-state index in [4.69, 9.17) is 21.1 Å². The molecule has 0 amide bonds. The zero-order valence-electron chi connectivity index (χ0n) is 22.0. The Labute approximate surface area is 227 Å². The number of esters is 2. The Morgan fingerprint density at radius 3 is 2.47 bits per heavy atom. The molecule has 0 saturated carbocycles. The van der Waals surface area contributed by atoms with Gasteiger partial charge in [0.15, 0.2) is 0 Å². The Morgan fingerprint density at radius 1 is 1.13 bits per heavy atom. The van der Waals surface area contributed by atoms with Crippen molar-refractivity contribution < 1.29 is 24.0 Å². The van der Waals surface area contributed by atoms with Crippen LogP contribution < -0.4 is 5.32 Å². The number of nitrogens with one attached hydrogen (secondary N) is 1. The van der Waals surface area contributed by atoms with E-state index in [1.807, 2.05) is 49.2 Å². The molecule has 2 aromatic carbocycles. The van der Waals surface area contributed by atoms with Gasteiger partial charge in [0.1, 0.15) is 6.61 Å². The standard InChI is InChI=1S/C28H32ClN3O6/c1-5-9-23-26(27(33)37-4)25(21-16-20(32(35)36)12-13-22(21)29)24(18(2)30-23)28(34)38-15-14-31(3)17-19-10-7-6-8-11-19/h6-8,10-13,16,25,30H,5,9,14-15,17H2,1-4H3. The number of benzene rings is 2. The molecule has 0 aliphatic carbocycles. The number of nitrogens with zero attached hydrogens (tertiary/aromatic N) is 2. The Hall–Kier alpha value is -3.69. The highest BCUT2D eigenvalue weighted by molar-refractivity contribution is 6.31. The van der Waals surface area contributed by atoms with Gasteiger partial charge in [0, 0.05) is 41.6 Å². The van der Waals surface area contributed by atoms with Gasteiger partial charge in [-0.3, -0.25) is 15.0 Å². The molecule has 202 valence electrons. The normalized spacial score (nSPS) is 15.4. The number of likely N-dealkylation sites (N-methyl/N-ethyl adjacent to an activating group) is 1. The molecule has 1 heterocycles. The topological polar surface area (TPSA) is 111 Å². The Morgan fingerprint density at radius 2 is 1.84 bits per heavy atom. The number of carbonyl (C=O) groups is 2. The SMILES string of the molecule is CCCC1=C(C(=O)OC)C(c2cc([N+](=O)[O-])ccc2Cl)C(C(=O)OCCN(C)Cc2ccccc2)=C(C)N1. The van der Waals surface area contributed by atoms with E-state index in [2.05, 4.69) is 5.32 Å². The molecule has 1 atom stereocenters. The van der Waals surface area contributed by atoms with Crippen molar-refractivity contribution in [1.29, 1.82) is 0 Å². The molecule has 1 unspecified atom stereocenters. The number of ether oxygens (including phenoxy) is 2. The van der Waals surface area contributed by atoms with E-state index >= 15 is 0 Å². The van der Waals surface area contributed by atoms with Crippen molar-refractivity contribution >= 4 is 29.2 Å². The Balaban J connectivity index is 1.95. The van der Waals surface area contributed by atoms with Crippen molar-refractivity contribution in [3.05, 3.63) is 97.3 Å². The van der Waals surface area contributed by atoms with Gasteiger partial charge < -0.3 is 14.8 Å². The molecule has 0 radical (unpaired) electrons. The van der Waals surface area contributed by atoms with Gasteiger partial charge >= 0.3 is 11.9 Å². The number of allylic oxidation sites excluding steroid dienone is 2. The van der Waals surface area contributed by atoms with Crippen LogP contribution >= 0.6 is 11.6 Å². The summed E-state index contributed by atoms with van der Waals surface area (Å²) in [6.45, 7) is 4.92. The lowest BCUT2D eigenvalue weighted by atomic mass is 9.79. The number of hydrogen-bond acceptors (Lipinski definition) is 8. The van der Waals surface area contributed by atoms with Crippen molar-refractivity contribution in [3.63, 3.8) is 0 Å². The van der Waals surface area contributed by atoms with Crippen LogP contribution in [0.15, 0.2) is 71.1 Å². The van der Waals surface area contributed by atoms with E-state index < -0.39 is 22.8 Å². The summed E-state index contributed by atoms with van der Waals surface area (Å²) in [7, 11) is 3.17. The molecule has 38 heavy (non-hydrogen) atoms. The summed E-state index contributed by atoms with van der Waals surface area (Å²) in [6, 6.07) is 13.9. The quantitative estimate of drug-likeness (QED) is 0.237. The highest BCUT2D eigenvalue weighted by atomic mass is 35.5. The summed E-state index contributed by atoms with van der Waals surface area (Å²) >= 11 is 6.51. The summed E-state index contributed by atoms with van der Waals surface area (Å²) in [5, 5.41) is 14.9. The molecule has 1 N–H and O–H groups in total. The summed E-state index contributed by atoms with van der Waals surface area (Å²) < 4.78 is 10.7. The fourth-order valence-corrected chi connectivity index (χ4v) is 4.71. The van der Waals surface area contributed by atoms with E-state index in [-0.39, 0.29) is 34.0 Å².